The normalized spacial score (nSPS) is 11.3. The van der Waals surface area contributed by atoms with Crippen molar-refractivity contribution in [1.82, 2.24) is 15.3 Å². The largest absolute Gasteiger partial charge is 0.481 e. The van der Waals surface area contributed by atoms with Crippen LogP contribution in [0.5, 0.6) is 0 Å². The van der Waals surface area contributed by atoms with Crippen LogP contribution >= 0.6 is 0 Å². The first-order chi connectivity index (χ1) is 25.6. The van der Waals surface area contributed by atoms with E-state index >= 15 is 0 Å². The second-order valence-corrected chi connectivity index (χ2v) is 13.9. The molecular formula is C36H54N4O12S. The number of anilines is 1. The number of aryl methyl sites for hydroxylation is 1. The van der Waals surface area contributed by atoms with E-state index in [2.05, 4.69) is 20.0 Å². The molecule has 2 rings (SSSR count). The van der Waals surface area contributed by atoms with Gasteiger partial charge in [0.25, 0.3) is 15.9 Å². The Balaban J connectivity index is 1.53. The predicted molar refractivity (Wildman–Crippen MR) is 194 cm³/mol. The lowest BCUT2D eigenvalue weighted by Gasteiger charge is -2.09. The van der Waals surface area contributed by atoms with Gasteiger partial charge >= 0.3 is 11.9 Å². The number of ketones is 1. The molecule has 1 amide bonds. The van der Waals surface area contributed by atoms with Gasteiger partial charge in [0, 0.05) is 38.4 Å². The van der Waals surface area contributed by atoms with Gasteiger partial charge in [-0.05, 0) is 43.4 Å². The lowest BCUT2D eigenvalue weighted by Crippen LogP contribution is -2.28. The summed E-state index contributed by atoms with van der Waals surface area (Å²) in [7, 11) is -3.93. The zero-order chi connectivity index (χ0) is 38.6. The maximum Gasteiger partial charge on any atom is 0.329 e. The molecule has 1 aromatic carbocycles. The number of carboxylic acid groups (broad SMARTS) is 2. The summed E-state index contributed by atoms with van der Waals surface area (Å²) in [6, 6.07) is 6.69. The molecule has 0 unspecified atom stereocenters. The van der Waals surface area contributed by atoms with Gasteiger partial charge in [-0.2, -0.15) is 0 Å². The SMILES string of the molecule is O=C(O)CCCCCCCCCCCc1ccc(S(=O)(=O)Nc2ncc(C(=O)NCCOCCOCC(=O)CCCOCCOCC(=O)O)cn2)cc1. The Morgan fingerprint density at radius 2 is 1.19 bits per heavy atom. The number of nitrogens with zero attached hydrogens (tertiary/aromatic N) is 2. The molecule has 0 fully saturated rings. The van der Waals surface area contributed by atoms with E-state index in [0.717, 1.165) is 69.8 Å². The van der Waals surface area contributed by atoms with Gasteiger partial charge in [0.1, 0.15) is 13.2 Å². The Hall–Kier alpha value is -4.03. The van der Waals surface area contributed by atoms with Crippen molar-refractivity contribution in [3.05, 3.63) is 47.8 Å². The van der Waals surface area contributed by atoms with Crippen LogP contribution in [0.1, 0.15) is 93.0 Å². The van der Waals surface area contributed by atoms with Crippen LogP contribution in [0.25, 0.3) is 0 Å². The number of amides is 1. The minimum atomic E-state index is -3.93. The van der Waals surface area contributed by atoms with Crippen molar-refractivity contribution in [2.75, 3.05) is 64.1 Å². The van der Waals surface area contributed by atoms with Gasteiger partial charge < -0.3 is 34.5 Å². The zero-order valence-corrected chi connectivity index (χ0v) is 31.1. The summed E-state index contributed by atoms with van der Waals surface area (Å²) < 4.78 is 48.8. The molecule has 1 heterocycles. The average molecular weight is 767 g/mol. The molecule has 0 saturated heterocycles. The molecule has 0 atom stereocenters. The van der Waals surface area contributed by atoms with Gasteiger partial charge in [-0.15, -0.1) is 0 Å². The first-order valence-corrected chi connectivity index (χ1v) is 19.5. The quantitative estimate of drug-likeness (QED) is 0.0752. The molecule has 4 N–H and O–H groups in total. The van der Waals surface area contributed by atoms with Gasteiger partial charge in [0.05, 0.1) is 43.5 Å². The summed E-state index contributed by atoms with van der Waals surface area (Å²) in [6.07, 6.45) is 13.9. The van der Waals surface area contributed by atoms with Crippen LogP contribution in [0.15, 0.2) is 41.6 Å². The Labute approximate surface area is 311 Å². The van der Waals surface area contributed by atoms with Crippen molar-refractivity contribution in [3.8, 4) is 0 Å². The third-order valence-corrected chi connectivity index (χ3v) is 9.08. The third-order valence-electron chi connectivity index (χ3n) is 7.74. The number of carbonyl (C=O) groups is 4. The van der Waals surface area contributed by atoms with Gasteiger partial charge in [-0.1, -0.05) is 57.1 Å². The molecule has 0 bridgehead atoms. The van der Waals surface area contributed by atoms with E-state index in [0.29, 0.717) is 19.4 Å². The predicted octanol–water partition coefficient (Wildman–Crippen LogP) is 4.04. The molecule has 2 aromatic rings. The standard InChI is InChI=1S/C36H54N4O12S/c41-31(12-10-19-49-21-24-52-28-34(44)45)27-51-23-22-50-20-18-37-35(46)30-25-38-36(39-26-30)40-53(47,48)32-16-14-29(15-17-32)11-8-6-4-2-1-3-5-7-9-13-33(42)43/h14-17,25-26H,1-13,18-24,27-28H2,(H,37,46)(H,42,43)(H,44,45)(H,38,39,40). The second kappa shape index (κ2) is 27.6. The molecule has 0 radical (unpaired) electrons. The number of sulfonamides is 1. The highest BCUT2D eigenvalue weighted by atomic mass is 32.2. The van der Waals surface area contributed by atoms with Crippen LogP contribution in [-0.4, -0.2) is 112 Å². The number of aliphatic carboxylic acids is 2. The highest BCUT2D eigenvalue weighted by Gasteiger charge is 2.16. The molecule has 296 valence electrons. The van der Waals surface area contributed by atoms with Crippen molar-refractivity contribution in [1.29, 1.82) is 0 Å². The highest BCUT2D eigenvalue weighted by molar-refractivity contribution is 7.92. The molecule has 16 nitrogen and oxygen atoms in total. The summed E-state index contributed by atoms with van der Waals surface area (Å²) in [5, 5.41) is 19.8. The second-order valence-electron chi connectivity index (χ2n) is 12.2. The van der Waals surface area contributed by atoms with Crippen LogP contribution in [0.2, 0.25) is 0 Å². The Morgan fingerprint density at radius 1 is 0.623 bits per heavy atom. The lowest BCUT2D eigenvalue weighted by atomic mass is 10.0. The van der Waals surface area contributed by atoms with E-state index in [1.165, 1.54) is 12.4 Å². The first kappa shape index (κ1) is 45.1. The minimum Gasteiger partial charge on any atom is -0.481 e. The van der Waals surface area contributed by atoms with E-state index < -0.39 is 27.9 Å². The van der Waals surface area contributed by atoms with Gasteiger partial charge in [-0.3, -0.25) is 14.4 Å². The van der Waals surface area contributed by atoms with Crippen molar-refractivity contribution >= 4 is 39.6 Å². The maximum atomic E-state index is 12.9. The summed E-state index contributed by atoms with van der Waals surface area (Å²) in [4.78, 5) is 53.1. The number of carboxylic acids is 2. The number of Topliss-reactive ketones (excluding diaryl/α,β-unsaturated/α-hetero) is 1. The van der Waals surface area contributed by atoms with E-state index in [-0.39, 0.29) is 81.4 Å². The molecule has 1 aromatic heterocycles. The van der Waals surface area contributed by atoms with Crippen LogP contribution in [-0.2, 0) is 49.8 Å². The maximum absolute atomic E-state index is 12.9. The monoisotopic (exact) mass is 766 g/mol. The fourth-order valence-corrected chi connectivity index (χ4v) is 5.88. The first-order valence-electron chi connectivity index (χ1n) is 18.0. The van der Waals surface area contributed by atoms with Crippen LogP contribution in [0.4, 0.5) is 5.95 Å². The number of rotatable bonds is 33. The number of unbranched alkanes of at least 4 members (excludes halogenated alkanes) is 8. The highest BCUT2D eigenvalue weighted by Crippen LogP contribution is 2.17. The number of carbonyl (C=O) groups excluding carboxylic acids is 2. The number of hydrogen-bond acceptors (Lipinski definition) is 12. The Morgan fingerprint density at radius 3 is 1.81 bits per heavy atom. The summed E-state index contributed by atoms with van der Waals surface area (Å²) >= 11 is 0. The zero-order valence-electron chi connectivity index (χ0n) is 30.3. The molecule has 53 heavy (non-hydrogen) atoms. The van der Waals surface area contributed by atoms with E-state index in [1.807, 2.05) is 0 Å². The average Bonchev–Trinajstić information content (AvgIpc) is 3.12. The fourth-order valence-electron chi connectivity index (χ4n) is 4.92. The summed E-state index contributed by atoms with van der Waals surface area (Å²) in [5.41, 5.74) is 1.19. The topological polar surface area (TPSA) is 230 Å². The van der Waals surface area contributed by atoms with E-state index in [4.69, 9.17) is 29.2 Å². The van der Waals surface area contributed by atoms with E-state index in [9.17, 15) is 27.6 Å². The van der Waals surface area contributed by atoms with Crippen LogP contribution < -0.4 is 10.0 Å². The van der Waals surface area contributed by atoms with Crippen molar-refractivity contribution in [2.45, 2.75) is 88.4 Å². The Kier molecular flexibility index (Phi) is 23.5. The lowest BCUT2D eigenvalue weighted by molar-refractivity contribution is -0.143. The number of ether oxygens (including phenoxy) is 4. The molecular weight excluding hydrogens is 712 g/mol. The fraction of sp³-hybridized carbons (Fsp3) is 0.611. The van der Waals surface area contributed by atoms with Crippen molar-refractivity contribution in [3.63, 3.8) is 0 Å². The van der Waals surface area contributed by atoms with Gasteiger partial charge in [-0.25, -0.2) is 27.9 Å². The molecule has 17 heteroatoms. The van der Waals surface area contributed by atoms with Crippen molar-refractivity contribution < 1.29 is 56.8 Å². The minimum absolute atomic E-state index is 0.0514. The Bertz CT molecular complexity index is 1460. The molecule has 0 spiro atoms. The van der Waals surface area contributed by atoms with E-state index in [1.54, 1.807) is 24.3 Å². The number of aromatic nitrogens is 2. The third kappa shape index (κ3) is 22.6. The van der Waals surface area contributed by atoms with Crippen molar-refractivity contribution in [2.24, 2.45) is 0 Å². The number of nitrogens with one attached hydrogen (secondary N) is 2. The molecule has 0 saturated carbocycles. The number of benzene rings is 1. The summed E-state index contributed by atoms with van der Waals surface area (Å²) in [6.45, 7) is 1.18. The van der Waals surface area contributed by atoms with Crippen LogP contribution in [0.3, 0.4) is 0 Å². The van der Waals surface area contributed by atoms with Gasteiger partial charge in [0.2, 0.25) is 5.95 Å². The molecule has 0 aliphatic heterocycles. The summed E-state index contributed by atoms with van der Waals surface area (Å²) in [5.74, 6) is -2.47. The van der Waals surface area contributed by atoms with Crippen LogP contribution in [0, 0.1) is 0 Å². The molecule has 0 aliphatic rings. The van der Waals surface area contributed by atoms with Gasteiger partial charge in [0.15, 0.2) is 5.78 Å². The number of hydrogen-bond donors (Lipinski definition) is 4. The smallest absolute Gasteiger partial charge is 0.329 e. The molecule has 0 aliphatic carbocycles.